The van der Waals surface area contributed by atoms with Crippen molar-refractivity contribution < 1.29 is 5.11 Å². The van der Waals surface area contributed by atoms with Gasteiger partial charge in [0.25, 0.3) is 0 Å². The predicted molar refractivity (Wildman–Crippen MR) is 82.3 cm³/mol. The van der Waals surface area contributed by atoms with Gasteiger partial charge in [-0.25, -0.2) is 4.98 Å². The van der Waals surface area contributed by atoms with Crippen LogP contribution >= 0.6 is 0 Å². The maximum atomic E-state index is 9.88. The molecule has 2 aromatic carbocycles. The molecule has 0 aliphatic carbocycles. The molecule has 100 valence electrons. The highest BCUT2D eigenvalue weighted by molar-refractivity contribution is 5.99. The third kappa shape index (κ3) is 2.12. The molecule has 0 bridgehead atoms. The number of nitrogens with zero attached hydrogens (tertiary/aromatic N) is 1. The van der Waals surface area contributed by atoms with Gasteiger partial charge in [0.2, 0.25) is 0 Å². The van der Waals surface area contributed by atoms with Gasteiger partial charge in [0.15, 0.2) is 5.82 Å². The number of aromatic hydroxyl groups is 1. The first-order valence-corrected chi connectivity index (χ1v) is 6.35. The Labute approximate surface area is 116 Å². The molecule has 0 aliphatic heterocycles. The van der Waals surface area contributed by atoms with E-state index in [9.17, 15) is 5.11 Å². The number of rotatable bonds is 2. The van der Waals surface area contributed by atoms with E-state index in [2.05, 4.69) is 10.3 Å². The zero-order valence-electron chi connectivity index (χ0n) is 11.1. The molecule has 4 N–H and O–H groups in total. The Morgan fingerprint density at radius 2 is 1.85 bits per heavy atom. The number of hydrogen-bond acceptors (Lipinski definition) is 4. The van der Waals surface area contributed by atoms with Crippen LogP contribution in [0.2, 0.25) is 0 Å². The minimum Gasteiger partial charge on any atom is -0.507 e. The van der Waals surface area contributed by atoms with Crippen LogP contribution in [0.15, 0.2) is 48.7 Å². The second-order valence-corrected chi connectivity index (χ2v) is 4.75. The van der Waals surface area contributed by atoms with Crippen molar-refractivity contribution in [3.8, 4) is 5.75 Å². The molecule has 0 fully saturated rings. The molecule has 1 aromatic heterocycles. The first-order valence-electron chi connectivity index (χ1n) is 6.35. The fraction of sp³-hybridized carbons (Fsp3) is 0.0625. The second-order valence-electron chi connectivity index (χ2n) is 4.75. The number of benzene rings is 2. The summed E-state index contributed by atoms with van der Waals surface area (Å²) in [7, 11) is 0. The Morgan fingerprint density at radius 1 is 1.10 bits per heavy atom. The van der Waals surface area contributed by atoms with E-state index in [1.165, 1.54) is 0 Å². The van der Waals surface area contributed by atoms with Gasteiger partial charge in [-0.3, -0.25) is 0 Å². The lowest BCUT2D eigenvalue weighted by molar-refractivity contribution is 0.481. The summed E-state index contributed by atoms with van der Waals surface area (Å²) in [5.41, 5.74) is 8.45. The Morgan fingerprint density at radius 3 is 2.65 bits per heavy atom. The van der Waals surface area contributed by atoms with Gasteiger partial charge in [-0.1, -0.05) is 24.3 Å². The summed E-state index contributed by atoms with van der Waals surface area (Å²) in [5.74, 6) is 0.877. The average molecular weight is 265 g/mol. The lowest BCUT2D eigenvalue weighted by Crippen LogP contribution is -2.00. The van der Waals surface area contributed by atoms with Gasteiger partial charge in [0.1, 0.15) is 5.75 Å². The quantitative estimate of drug-likeness (QED) is 0.662. The van der Waals surface area contributed by atoms with Crippen molar-refractivity contribution in [3.05, 3.63) is 54.2 Å². The van der Waals surface area contributed by atoms with Crippen LogP contribution in [0.25, 0.3) is 10.8 Å². The molecule has 0 saturated heterocycles. The second kappa shape index (κ2) is 4.74. The van der Waals surface area contributed by atoms with E-state index in [4.69, 9.17) is 5.73 Å². The van der Waals surface area contributed by atoms with E-state index < -0.39 is 0 Å². The number of anilines is 3. The van der Waals surface area contributed by atoms with Crippen molar-refractivity contribution in [3.63, 3.8) is 0 Å². The topological polar surface area (TPSA) is 71.2 Å². The largest absolute Gasteiger partial charge is 0.507 e. The van der Waals surface area contributed by atoms with Crippen molar-refractivity contribution in [1.82, 2.24) is 4.98 Å². The molecule has 0 atom stereocenters. The fourth-order valence-electron chi connectivity index (χ4n) is 2.23. The Balaban J connectivity index is 2.09. The highest BCUT2D eigenvalue weighted by atomic mass is 16.3. The molecule has 4 nitrogen and oxygen atoms in total. The minimum atomic E-state index is 0.260. The van der Waals surface area contributed by atoms with Crippen molar-refractivity contribution in [2.75, 3.05) is 11.1 Å². The molecule has 20 heavy (non-hydrogen) atoms. The number of phenols is 1. The number of aromatic nitrogens is 1. The van der Waals surface area contributed by atoms with Crippen LogP contribution in [-0.2, 0) is 0 Å². The van der Waals surface area contributed by atoms with Gasteiger partial charge >= 0.3 is 0 Å². The van der Waals surface area contributed by atoms with Crippen LogP contribution in [0.5, 0.6) is 5.75 Å². The van der Waals surface area contributed by atoms with E-state index in [1.807, 2.05) is 43.3 Å². The number of nitrogens with one attached hydrogen (secondary N) is 1. The van der Waals surface area contributed by atoms with Crippen LogP contribution in [0.3, 0.4) is 0 Å². The van der Waals surface area contributed by atoms with Gasteiger partial charge < -0.3 is 16.2 Å². The van der Waals surface area contributed by atoms with E-state index in [0.29, 0.717) is 11.5 Å². The highest BCUT2D eigenvalue weighted by Crippen LogP contribution is 2.32. The monoisotopic (exact) mass is 265 g/mol. The molecule has 0 saturated carbocycles. The number of phenolic OH excluding ortho intramolecular Hbond substituents is 1. The first-order chi connectivity index (χ1) is 9.65. The number of nitrogens with two attached hydrogens (primary N) is 1. The molecular weight excluding hydrogens is 250 g/mol. The molecule has 3 rings (SSSR count). The van der Waals surface area contributed by atoms with Crippen LogP contribution < -0.4 is 11.1 Å². The van der Waals surface area contributed by atoms with Gasteiger partial charge in [0.05, 0.1) is 5.69 Å². The summed E-state index contributed by atoms with van der Waals surface area (Å²) in [5, 5.41) is 14.8. The average Bonchev–Trinajstić information content (AvgIpc) is 2.43. The SMILES string of the molecule is Cc1cnc(Nc2cccc3c(O)cccc23)c(N)c1. The van der Waals surface area contributed by atoms with Crippen LogP contribution in [0.4, 0.5) is 17.2 Å². The number of hydrogen-bond donors (Lipinski definition) is 3. The Hall–Kier alpha value is -2.75. The van der Waals surface area contributed by atoms with Gasteiger partial charge in [0, 0.05) is 22.7 Å². The number of fused-ring (bicyclic) bond motifs is 1. The predicted octanol–water partition coefficient (Wildman–Crippen LogP) is 3.57. The fourth-order valence-corrected chi connectivity index (χ4v) is 2.23. The summed E-state index contributed by atoms with van der Waals surface area (Å²) in [6.07, 6.45) is 1.77. The third-order valence-corrected chi connectivity index (χ3v) is 3.21. The molecule has 0 radical (unpaired) electrons. The molecule has 1 heterocycles. The lowest BCUT2D eigenvalue weighted by Gasteiger charge is -2.12. The lowest BCUT2D eigenvalue weighted by atomic mass is 10.1. The number of aryl methyl sites for hydroxylation is 1. The Bertz CT molecular complexity index is 784. The zero-order chi connectivity index (χ0) is 14.1. The molecule has 0 spiro atoms. The van der Waals surface area contributed by atoms with Crippen molar-refractivity contribution in [2.24, 2.45) is 0 Å². The van der Waals surface area contributed by atoms with Crippen molar-refractivity contribution in [2.45, 2.75) is 6.92 Å². The van der Waals surface area contributed by atoms with Crippen LogP contribution in [0, 0.1) is 6.92 Å². The molecule has 4 heteroatoms. The highest BCUT2D eigenvalue weighted by Gasteiger charge is 2.06. The van der Waals surface area contributed by atoms with Crippen molar-refractivity contribution >= 4 is 28.0 Å². The van der Waals surface area contributed by atoms with Crippen molar-refractivity contribution in [1.29, 1.82) is 0 Å². The van der Waals surface area contributed by atoms with Crippen LogP contribution in [0.1, 0.15) is 5.56 Å². The number of pyridine rings is 1. The molecule has 0 unspecified atom stereocenters. The van der Waals surface area contributed by atoms with E-state index >= 15 is 0 Å². The summed E-state index contributed by atoms with van der Waals surface area (Å²) in [6, 6.07) is 13.0. The number of nitrogen functional groups attached to an aromatic ring is 1. The molecule has 0 aliphatic rings. The minimum absolute atomic E-state index is 0.260. The third-order valence-electron chi connectivity index (χ3n) is 3.21. The normalized spacial score (nSPS) is 10.7. The zero-order valence-corrected chi connectivity index (χ0v) is 11.1. The Kier molecular flexibility index (Phi) is 2.91. The van der Waals surface area contributed by atoms with Gasteiger partial charge in [-0.05, 0) is 30.7 Å². The van der Waals surface area contributed by atoms with Crippen LogP contribution in [-0.4, -0.2) is 10.1 Å². The molecule has 3 aromatic rings. The van der Waals surface area contributed by atoms with E-state index in [0.717, 1.165) is 22.0 Å². The molecular formula is C16H15N3O. The summed E-state index contributed by atoms with van der Waals surface area (Å²) >= 11 is 0. The summed E-state index contributed by atoms with van der Waals surface area (Å²) in [6.45, 7) is 1.95. The van der Waals surface area contributed by atoms with Gasteiger partial charge in [-0.2, -0.15) is 0 Å². The summed E-state index contributed by atoms with van der Waals surface area (Å²) in [4.78, 5) is 4.30. The van der Waals surface area contributed by atoms with E-state index in [1.54, 1.807) is 12.3 Å². The smallest absolute Gasteiger partial charge is 0.153 e. The summed E-state index contributed by atoms with van der Waals surface area (Å²) < 4.78 is 0. The van der Waals surface area contributed by atoms with E-state index in [-0.39, 0.29) is 5.75 Å². The first kappa shape index (κ1) is 12.3. The maximum Gasteiger partial charge on any atom is 0.153 e. The molecule has 0 amide bonds. The standard InChI is InChI=1S/C16H15N3O/c1-10-8-13(17)16(18-9-10)19-14-6-2-5-12-11(14)4-3-7-15(12)20/h2-9,20H,17H2,1H3,(H,18,19). The maximum absolute atomic E-state index is 9.88. The van der Waals surface area contributed by atoms with Gasteiger partial charge in [-0.15, -0.1) is 0 Å².